The van der Waals surface area contributed by atoms with Crippen molar-refractivity contribution in [2.45, 2.75) is 11.8 Å². The van der Waals surface area contributed by atoms with Gasteiger partial charge in [-0.1, -0.05) is 157 Å². The highest BCUT2D eigenvalue weighted by Gasteiger charge is 2.10. The van der Waals surface area contributed by atoms with Crippen molar-refractivity contribution < 1.29 is 9.47 Å². The van der Waals surface area contributed by atoms with Crippen LogP contribution in [-0.4, -0.2) is 26.4 Å². The largest absolute Gasteiger partial charge is 0.365 e. The summed E-state index contributed by atoms with van der Waals surface area (Å²) in [6.07, 6.45) is 8.48. The van der Waals surface area contributed by atoms with Crippen LogP contribution in [0.2, 0.25) is 0 Å². The molecule has 198 valence electrons. The molecule has 0 N–H and O–H groups in total. The standard InChI is InChI=1S/C38H34O2/c1(15-29-39-31-17-27-37(33-19-7-3-8-20-33)34-21-9-4-10-22-34)2-16-30-40-32-18-28-38(35-23-11-5-12-24-35)36-25-13-6-14-26-36/h3-14,17-28,37-38H,29-32H2. The van der Waals surface area contributed by atoms with Crippen molar-refractivity contribution in [1.29, 1.82) is 0 Å². The second-order valence-corrected chi connectivity index (χ2v) is 9.09. The summed E-state index contributed by atoms with van der Waals surface area (Å²) in [4.78, 5) is 0. The van der Waals surface area contributed by atoms with Gasteiger partial charge in [0.1, 0.15) is 13.2 Å². The molecule has 0 heterocycles. The molecule has 2 heteroatoms. The van der Waals surface area contributed by atoms with E-state index in [0.717, 1.165) is 0 Å². The van der Waals surface area contributed by atoms with Gasteiger partial charge in [-0.25, -0.2) is 0 Å². The number of ether oxygens (including phenoxy) is 2. The summed E-state index contributed by atoms with van der Waals surface area (Å²) in [7, 11) is 0. The SMILES string of the molecule is C(C#CCOCC=CC(c1ccccc1)c1ccccc1)#CCOCC=CC(c1ccccc1)c1ccccc1. The highest BCUT2D eigenvalue weighted by Crippen LogP contribution is 2.26. The second kappa shape index (κ2) is 17.1. The predicted octanol–water partition coefficient (Wildman–Crippen LogP) is 7.80. The van der Waals surface area contributed by atoms with Crippen molar-refractivity contribution in [2.75, 3.05) is 26.4 Å². The number of allylic oxidation sites excluding steroid dienone is 2. The maximum absolute atomic E-state index is 5.64. The summed E-state index contributed by atoms with van der Waals surface area (Å²) < 4.78 is 11.3. The van der Waals surface area contributed by atoms with Crippen LogP contribution < -0.4 is 0 Å². The summed E-state index contributed by atoms with van der Waals surface area (Å²) in [5.74, 6) is 11.9. The van der Waals surface area contributed by atoms with Crippen LogP contribution in [0, 0.1) is 23.7 Å². The van der Waals surface area contributed by atoms with E-state index in [-0.39, 0.29) is 11.8 Å². The Morgan fingerprint density at radius 3 is 1.05 bits per heavy atom. The number of hydrogen-bond acceptors (Lipinski definition) is 2. The van der Waals surface area contributed by atoms with Gasteiger partial charge in [0.15, 0.2) is 0 Å². The van der Waals surface area contributed by atoms with Crippen LogP contribution in [0.4, 0.5) is 0 Å². The molecule has 0 amide bonds. The Bertz CT molecular complexity index is 1240. The average Bonchev–Trinajstić information content (AvgIpc) is 3.03. The maximum Gasteiger partial charge on any atom is 0.109 e. The van der Waals surface area contributed by atoms with Crippen molar-refractivity contribution in [3.63, 3.8) is 0 Å². The third kappa shape index (κ3) is 9.61. The van der Waals surface area contributed by atoms with Gasteiger partial charge in [-0.3, -0.25) is 0 Å². The highest BCUT2D eigenvalue weighted by molar-refractivity contribution is 5.38. The quantitative estimate of drug-likeness (QED) is 0.107. The van der Waals surface area contributed by atoms with Gasteiger partial charge in [-0.2, -0.15) is 0 Å². The Morgan fingerprint density at radius 2 is 0.750 bits per heavy atom. The molecule has 0 fully saturated rings. The maximum atomic E-state index is 5.64. The zero-order valence-corrected chi connectivity index (χ0v) is 22.7. The summed E-state index contributed by atoms with van der Waals surface area (Å²) in [5, 5.41) is 0. The van der Waals surface area contributed by atoms with E-state index in [9.17, 15) is 0 Å². The zero-order valence-electron chi connectivity index (χ0n) is 22.7. The molecule has 0 bridgehead atoms. The van der Waals surface area contributed by atoms with Gasteiger partial charge < -0.3 is 9.47 Å². The van der Waals surface area contributed by atoms with Crippen LogP contribution in [0.25, 0.3) is 0 Å². The van der Waals surface area contributed by atoms with Gasteiger partial charge in [0.2, 0.25) is 0 Å². The fourth-order valence-corrected chi connectivity index (χ4v) is 4.37. The first-order chi connectivity index (χ1) is 19.9. The number of benzene rings is 4. The van der Waals surface area contributed by atoms with Crippen LogP contribution in [0.15, 0.2) is 146 Å². The normalized spacial score (nSPS) is 10.9. The molecule has 2 nitrogen and oxygen atoms in total. The van der Waals surface area contributed by atoms with Crippen LogP contribution in [0.5, 0.6) is 0 Å². The molecule has 0 aliphatic heterocycles. The van der Waals surface area contributed by atoms with E-state index in [2.05, 4.69) is 145 Å². The van der Waals surface area contributed by atoms with Gasteiger partial charge in [0, 0.05) is 11.8 Å². The topological polar surface area (TPSA) is 18.5 Å². The Kier molecular flexibility index (Phi) is 12.1. The molecule has 4 aromatic rings. The third-order valence-corrected chi connectivity index (χ3v) is 6.31. The summed E-state index contributed by atoms with van der Waals surface area (Å²) >= 11 is 0. The first kappa shape index (κ1) is 28.4. The fraction of sp³-hybridized carbons (Fsp3) is 0.158. The summed E-state index contributed by atoms with van der Waals surface area (Å²) in [6, 6.07) is 41.9. The van der Waals surface area contributed by atoms with E-state index >= 15 is 0 Å². The highest BCUT2D eigenvalue weighted by atomic mass is 16.5. The third-order valence-electron chi connectivity index (χ3n) is 6.31. The van der Waals surface area contributed by atoms with Crippen LogP contribution in [0.3, 0.4) is 0 Å². The molecular weight excluding hydrogens is 488 g/mol. The van der Waals surface area contributed by atoms with E-state index in [0.29, 0.717) is 26.4 Å². The number of hydrogen-bond donors (Lipinski definition) is 0. The molecule has 0 unspecified atom stereocenters. The van der Waals surface area contributed by atoms with Crippen molar-refractivity contribution in [1.82, 2.24) is 0 Å². The molecule has 0 aliphatic rings. The smallest absolute Gasteiger partial charge is 0.109 e. The van der Waals surface area contributed by atoms with E-state index < -0.39 is 0 Å². The molecule has 0 atom stereocenters. The van der Waals surface area contributed by atoms with Gasteiger partial charge in [0.05, 0.1) is 13.2 Å². The van der Waals surface area contributed by atoms with Crippen molar-refractivity contribution in [3.8, 4) is 23.7 Å². The molecule has 4 aromatic carbocycles. The molecule has 4 rings (SSSR count). The van der Waals surface area contributed by atoms with Gasteiger partial charge >= 0.3 is 0 Å². The van der Waals surface area contributed by atoms with Gasteiger partial charge in [-0.05, 0) is 34.1 Å². The second-order valence-electron chi connectivity index (χ2n) is 9.09. The first-order valence-electron chi connectivity index (χ1n) is 13.6. The lowest BCUT2D eigenvalue weighted by atomic mass is 9.91. The Balaban J connectivity index is 1.16. The molecule has 0 spiro atoms. The first-order valence-corrected chi connectivity index (χ1v) is 13.6. The Hall–Kier alpha value is -4.60. The monoisotopic (exact) mass is 522 g/mol. The predicted molar refractivity (Wildman–Crippen MR) is 165 cm³/mol. The van der Waals surface area contributed by atoms with Crippen LogP contribution in [0.1, 0.15) is 34.1 Å². The lowest BCUT2D eigenvalue weighted by molar-refractivity contribution is 0.198. The van der Waals surface area contributed by atoms with Crippen molar-refractivity contribution >= 4 is 0 Å². The Morgan fingerprint density at radius 1 is 0.450 bits per heavy atom. The van der Waals surface area contributed by atoms with E-state index in [4.69, 9.17) is 9.47 Å². The molecule has 0 saturated heterocycles. The van der Waals surface area contributed by atoms with E-state index in [1.54, 1.807) is 0 Å². The minimum absolute atomic E-state index is 0.195. The van der Waals surface area contributed by atoms with Gasteiger partial charge in [0.25, 0.3) is 0 Å². The molecule has 0 saturated carbocycles. The average molecular weight is 523 g/mol. The van der Waals surface area contributed by atoms with Crippen molar-refractivity contribution in [3.05, 3.63) is 168 Å². The lowest BCUT2D eigenvalue weighted by Gasteiger charge is -2.14. The Labute approximate surface area is 239 Å². The minimum Gasteiger partial charge on any atom is -0.365 e. The lowest BCUT2D eigenvalue weighted by Crippen LogP contribution is -1.99. The number of rotatable bonds is 12. The van der Waals surface area contributed by atoms with E-state index in [1.165, 1.54) is 22.3 Å². The van der Waals surface area contributed by atoms with Crippen molar-refractivity contribution in [2.24, 2.45) is 0 Å². The summed E-state index contributed by atoms with van der Waals surface area (Å²) in [5.41, 5.74) is 5.02. The molecule has 0 aliphatic carbocycles. The van der Waals surface area contributed by atoms with Crippen LogP contribution >= 0.6 is 0 Å². The minimum atomic E-state index is 0.195. The van der Waals surface area contributed by atoms with Crippen LogP contribution in [-0.2, 0) is 9.47 Å². The molecular formula is C38H34O2. The zero-order chi connectivity index (χ0) is 27.5. The fourth-order valence-electron chi connectivity index (χ4n) is 4.37. The molecule has 0 radical (unpaired) electrons. The van der Waals surface area contributed by atoms with Gasteiger partial charge in [-0.15, -0.1) is 0 Å². The summed E-state index contributed by atoms with van der Waals surface area (Å²) in [6.45, 7) is 1.68. The molecule has 0 aromatic heterocycles. The van der Waals surface area contributed by atoms with E-state index in [1.807, 2.05) is 24.3 Å². The molecule has 40 heavy (non-hydrogen) atoms.